The Bertz CT molecular complexity index is 2870. The average Bonchev–Trinajstić information content (AvgIpc) is 3.21. The van der Waals surface area contributed by atoms with E-state index in [-0.39, 0.29) is 0 Å². The summed E-state index contributed by atoms with van der Waals surface area (Å²) < 4.78 is 0. The van der Waals surface area contributed by atoms with Crippen molar-refractivity contribution < 1.29 is 0 Å². The molecule has 52 heavy (non-hydrogen) atoms. The zero-order valence-corrected chi connectivity index (χ0v) is 28.3. The molecule has 0 amide bonds. The van der Waals surface area contributed by atoms with E-state index < -0.39 is 0 Å². The Kier molecular flexibility index (Phi) is 7.03. The van der Waals surface area contributed by atoms with Gasteiger partial charge in [0.25, 0.3) is 0 Å². The van der Waals surface area contributed by atoms with Crippen LogP contribution in [0.25, 0.3) is 83.3 Å². The smallest absolute Gasteiger partial charge is 0.0944 e. The molecule has 9 aromatic rings. The van der Waals surface area contributed by atoms with E-state index in [0.717, 1.165) is 63.3 Å². The number of hydrogen-bond donors (Lipinski definition) is 2. The molecule has 0 saturated heterocycles. The maximum absolute atomic E-state index is 6.78. The molecule has 0 fully saturated rings. The summed E-state index contributed by atoms with van der Waals surface area (Å²) in [6.45, 7) is 0.758. The maximum atomic E-state index is 6.78. The number of nitrogens with zero attached hydrogens (tertiary/aromatic N) is 3. The number of nitrogens with two attached hydrogens (primary N) is 1. The van der Waals surface area contributed by atoms with Crippen molar-refractivity contribution in [3.05, 3.63) is 168 Å². The van der Waals surface area contributed by atoms with Gasteiger partial charge < -0.3 is 11.1 Å². The van der Waals surface area contributed by atoms with Crippen molar-refractivity contribution in [1.82, 2.24) is 15.0 Å². The Morgan fingerprint density at radius 1 is 0.654 bits per heavy atom. The Morgan fingerprint density at radius 2 is 1.38 bits per heavy atom. The van der Waals surface area contributed by atoms with E-state index in [1.807, 2.05) is 30.6 Å². The molecule has 5 nitrogen and oxygen atoms in total. The van der Waals surface area contributed by atoms with E-state index in [2.05, 4.69) is 138 Å². The first-order chi connectivity index (χ1) is 25.7. The third-order valence-corrected chi connectivity index (χ3v) is 10.4. The van der Waals surface area contributed by atoms with E-state index in [9.17, 15) is 0 Å². The second-order valence-electron chi connectivity index (χ2n) is 13.5. The number of benzene rings is 6. The molecule has 3 aromatic heterocycles. The summed E-state index contributed by atoms with van der Waals surface area (Å²) in [5.74, 6) is 0. The lowest BCUT2D eigenvalue weighted by Gasteiger charge is -2.19. The summed E-state index contributed by atoms with van der Waals surface area (Å²) >= 11 is 0. The molecule has 0 radical (unpaired) electrons. The molecule has 4 heterocycles. The van der Waals surface area contributed by atoms with E-state index in [1.165, 1.54) is 49.0 Å². The number of nitrogen functional groups attached to an aromatic ring is 1. The van der Waals surface area contributed by atoms with Gasteiger partial charge in [-0.25, -0.2) is 4.98 Å². The summed E-state index contributed by atoms with van der Waals surface area (Å²) in [6.07, 6.45) is 11.0. The van der Waals surface area contributed by atoms with Crippen LogP contribution in [0, 0.1) is 0 Å². The maximum Gasteiger partial charge on any atom is 0.0944 e. The van der Waals surface area contributed by atoms with Crippen LogP contribution in [-0.4, -0.2) is 21.5 Å². The molecule has 246 valence electrons. The molecule has 1 aliphatic heterocycles. The van der Waals surface area contributed by atoms with Gasteiger partial charge in [0, 0.05) is 53.3 Å². The zero-order chi connectivity index (χ0) is 34.6. The fraction of sp³-hybridized carbons (Fsp3) is 0.0426. The normalized spacial score (nSPS) is 12.9. The minimum absolute atomic E-state index is 0.680. The van der Waals surface area contributed by atoms with Crippen LogP contribution in [0.5, 0.6) is 0 Å². The number of nitrogens with one attached hydrogen (secondary N) is 1. The number of pyridine rings is 3. The second kappa shape index (κ2) is 12.2. The first kappa shape index (κ1) is 30.0. The number of anilines is 2. The van der Waals surface area contributed by atoms with Crippen LogP contribution >= 0.6 is 0 Å². The van der Waals surface area contributed by atoms with Crippen LogP contribution in [-0.2, 0) is 6.42 Å². The summed E-state index contributed by atoms with van der Waals surface area (Å²) in [7, 11) is 0. The second-order valence-corrected chi connectivity index (χ2v) is 13.5. The van der Waals surface area contributed by atoms with Gasteiger partial charge >= 0.3 is 0 Å². The Balaban J connectivity index is 1.04. The average molecular weight is 668 g/mol. The highest BCUT2D eigenvalue weighted by Gasteiger charge is 2.17. The first-order valence-corrected chi connectivity index (χ1v) is 17.6. The molecule has 10 rings (SSSR count). The molecule has 0 saturated carbocycles. The summed E-state index contributed by atoms with van der Waals surface area (Å²) in [6, 6.07) is 44.9. The molecular formula is C47H33N5. The van der Waals surface area contributed by atoms with E-state index in [0.29, 0.717) is 5.69 Å². The van der Waals surface area contributed by atoms with Crippen LogP contribution in [0.1, 0.15) is 22.5 Å². The fourth-order valence-electron chi connectivity index (χ4n) is 7.74. The van der Waals surface area contributed by atoms with Crippen molar-refractivity contribution in [2.45, 2.75) is 6.42 Å². The Labute approximate surface area is 301 Å². The van der Waals surface area contributed by atoms with Crippen LogP contribution in [0.2, 0.25) is 0 Å². The molecule has 0 bridgehead atoms. The number of hydrogen-bond acceptors (Lipinski definition) is 5. The van der Waals surface area contributed by atoms with Crippen LogP contribution in [0.3, 0.4) is 0 Å². The van der Waals surface area contributed by atoms with E-state index in [4.69, 9.17) is 15.7 Å². The molecular weight excluding hydrogens is 635 g/mol. The van der Waals surface area contributed by atoms with Gasteiger partial charge in [0.05, 0.1) is 22.6 Å². The Hall–Kier alpha value is -6.85. The summed E-state index contributed by atoms with van der Waals surface area (Å²) in [4.78, 5) is 14.6. The first-order valence-electron chi connectivity index (χ1n) is 17.6. The fourth-order valence-corrected chi connectivity index (χ4v) is 7.74. The molecule has 0 aliphatic carbocycles. The van der Waals surface area contributed by atoms with Crippen LogP contribution < -0.4 is 11.1 Å². The van der Waals surface area contributed by atoms with Gasteiger partial charge in [-0.2, -0.15) is 0 Å². The monoisotopic (exact) mass is 667 g/mol. The van der Waals surface area contributed by atoms with Crippen molar-refractivity contribution in [2.75, 3.05) is 17.6 Å². The van der Waals surface area contributed by atoms with E-state index >= 15 is 0 Å². The van der Waals surface area contributed by atoms with Gasteiger partial charge in [-0.15, -0.1) is 0 Å². The van der Waals surface area contributed by atoms with Crippen molar-refractivity contribution >= 4 is 72.3 Å². The van der Waals surface area contributed by atoms with Crippen molar-refractivity contribution in [3.63, 3.8) is 0 Å². The molecule has 0 atom stereocenters. The van der Waals surface area contributed by atoms with Gasteiger partial charge in [-0.3, -0.25) is 9.97 Å². The standard InChI is InChI=1S/C47H33N5/c48-46-31(7-5-9-36-8-3-4-25-49-36)11-12-32-17-24-43(52-47(32)46)38-20-14-30-15-21-39-37(19-13-29-16-22-40(38)45(30)44(29)39)34-18-23-42(50-27-34)35-26-33-6-1-2-10-41(33)51-28-35/h1-8,10-27,51H,9,28,48H2/b7-5-. The van der Waals surface area contributed by atoms with Crippen molar-refractivity contribution in [3.8, 4) is 22.4 Å². The minimum Gasteiger partial charge on any atom is -0.396 e. The minimum atomic E-state index is 0.680. The number of para-hydroxylation sites is 1. The lowest BCUT2D eigenvalue weighted by molar-refractivity contribution is 1.11. The number of rotatable bonds is 6. The third-order valence-electron chi connectivity index (χ3n) is 10.4. The molecule has 3 N–H and O–H groups in total. The molecule has 6 aromatic carbocycles. The van der Waals surface area contributed by atoms with Gasteiger partial charge in [0.15, 0.2) is 0 Å². The lowest BCUT2D eigenvalue weighted by atomic mass is 9.88. The van der Waals surface area contributed by atoms with Crippen LogP contribution in [0.4, 0.5) is 11.4 Å². The van der Waals surface area contributed by atoms with Gasteiger partial charge in [-0.05, 0) is 91.0 Å². The number of aromatic nitrogens is 3. The van der Waals surface area contributed by atoms with Gasteiger partial charge in [0.1, 0.15) is 0 Å². The molecule has 0 unspecified atom stereocenters. The highest BCUT2D eigenvalue weighted by Crippen LogP contribution is 2.42. The van der Waals surface area contributed by atoms with Gasteiger partial charge in [0.2, 0.25) is 0 Å². The summed E-state index contributed by atoms with van der Waals surface area (Å²) in [5, 5.41) is 11.9. The van der Waals surface area contributed by atoms with E-state index in [1.54, 1.807) is 0 Å². The SMILES string of the molecule is Nc1c(/C=C\Cc2ccccn2)ccc2ccc(-c3ccc4ccc5c(-c6ccc(C7=Cc8ccccc8NC7)nc6)ccc6ccc3c4c65)nc12. The summed E-state index contributed by atoms with van der Waals surface area (Å²) in [5.41, 5.74) is 19.0. The third kappa shape index (κ3) is 5.05. The van der Waals surface area contributed by atoms with Crippen LogP contribution in [0.15, 0.2) is 146 Å². The highest BCUT2D eigenvalue weighted by atomic mass is 14.9. The molecule has 1 aliphatic rings. The van der Waals surface area contributed by atoms with Crippen molar-refractivity contribution in [1.29, 1.82) is 0 Å². The zero-order valence-electron chi connectivity index (χ0n) is 28.3. The van der Waals surface area contributed by atoms with Crippen molar-refractivity contribution in [2.24, 2.45) is 0 Å². The molecule has 0 spiro atoms. The molecule has 5 heteroatoms. The lowest BCUT2D eigenvalue weighted by Crippen LogP contribution is -2.10. The topological polar surface area (TPSA) is 76.7 Å². The Morgan fingerprint density at radius 3 is 2.19 bits per heavy atom. The predicted octanol–water partition coefficient (Wildman–Crippen LogP) is 11.1. The highest BCUT2D eigenvalue weighted by molar-refractivity contribution is 6.27. The number of allylic oxidation sites excluding steroid dienone is 1. The predicted molar refractivity (Wildman–Crippen MR) is 218 cm³/mol. The van der Waals surface area contributed by atoms with Gasteiger partial charge in [-0.1, -0.05) is 109 Å². The quantitative estimate of drug-likeness (QED) is 0.136. The largest absolute Gasteiger partial charge is 0.396 e. The number of fused-ring (bicyclic) bond motifs is 2.